The molecule has 0 aliphatic heterocycles. The number of para-hydroxylation sites is 1. The molecule has 0 N–H and O–H groups in total. The summed E-state index contributed by atoms with van der Waals surface area (Å²) < 4.78 is 13.8. The smallest absolute Gasteiger partial charge is 0.419 e. The number of hydrogen-bond acceptors (Lipinski definition) is 4. The van der Waals surface area contributed by atoms with Crippen molar-refractivity contribution in [3.63, 3.8) is 0 Å². The van der Waals surface area contributed by atoms with Gasteiger partial charge >= 0.3 is 6.09 Å². The predicted molar refractivity (Wildman–Crippen MR) is 134 cm³/mol. The Labute approximate surface area is 194 Å². The first-order valence-corrected chi connectivity index (χ1v) is 14.5. The first kappa shape index (κ1) is 26.3. The third-order valence-electron chi connectivity index (χ3n) is 6.00. The summed E-state index contributed by atoms with van der Waals surface area (Å²) in [5, 5.41) is 0.938. The molecule has 2 aromatic rings. The van der Waals surface area contributed by atoms with Gasteiger partial charge in [-0.05, 0) is 56.5 Å². The molecule has 0 amide bonds. The summed E-state index contributed by atoms with van der Waals surface area (Å²) in [6.07, 6.45) is 1.77. The maximum Gasteiger partial charge on any atom is 0.419 e. The van der Waals surface area contributed by atoms with E-state index in [-0.39, 0.29) is 16.7 Å². The fraction of sp³-hybridized carbons (Fsp3) is 0.615. The zero-order valence-corrected chi connectivity index (χ0v) is 22.5. The fourth-order valence-electron chi connectivity index (χ4n) is 3.36. The molecule has 1 aromatic carbocycles. The van der Waals surface area contributed by atoms with E-state index in [1.807, 2.05) is 51.2 Å². The van der Waals surface area contributed by atoms with E-state index in [1.54, 1.807) is 4.57 Å². The zero-order chi connectivity index (χ0) is 24.5. The van der Waals surface area contributed by atoms with Crippen LogP contribution in [-0.2, 0) is 20.4 Å². The van der Waals surface area contributed by atoms with Crippen LogP contribution in [0.2, 0.25) is 18.1 Å². The Hall–Kier alpha value is -1.92. The molecule has 1 aromatic heterocycles. The van der Waals surface area contributed by atoms with Crippen LogP contribution >= 0.6 is 0 Å². The lowest BCUT2D eigenvalue weighted by Crippen LogP contribution is -2.46. The monoisotopic (exact) mass is 459 g/mol. The predicted octanol–water partition coefficient (Wildman–Crippen LogP) is 6.97. The summed E-state index contributed by atoms with van der Waals surface area (Å²) in [6, 6.07) is 7.75. The van der Waals surface area contributed by atoms with Gasteiger partial charge in [-0.2, -0.15) is 0 Å². The Morgan fingerprint density at radius 1 is 1.03 bits per heavy atom. The minimum absolute atomic E-state index is 0.00608. The van der Waals surface area contributed by atoms with Crippen molar-refractivity contribution in [2.75, 3.05) is 0 Å². The minimum Gasteiger partial charge on any atom is -0.443 e. The Morgan fingerprint density at radius 3 is 2.16 bits per heavy atom. The molecule has 0 saturated carbocycles. The summed E-state index contributed by atoms with van der Waals surface area (Å²) in [4.78, 5) is 26.1. The molecular formula is C26H41NO4Si. The first-order chi connectivity index (χ1) is 14.5. The van der Waals surface area contributed by atoms with Gasteiger partial charge in [-0.25, -0.2) is 4.79 Å². The number of carbonyl (C=O) groups is 2. The van der Waals surface area contributed by atoms with Crippen LogP contribution in [0.4, 0.5) is 4.79 Å². The molecule has 0 fully saturated rings. The topological polar surface area (TPSA) is 57.5 Å². The Bertz CT molecular complexity index is 960. The van der Waals surface area contributed by atoms with Crippen molar-refractivity contribution in [2.24, 2.45) is 5.92 Å². The highest BCUT2D eigenvalue weighted by atomic mass is 28.4. The quantitative estimate of drug-likeness (QED) is 0.419. The van der Waals surface area contributed by atoms with Gasteiger partial charge in [-0.1, -0.05) is 52.8 Å². The molecule has 1 heterocycles. The molecule has 2 rings (SSSR count). The lowest BCUT2D eigenvalue weighted by molar-refractivity contribution is -0.127. The van der Waals surface area contributed by atoms with Crippen molar-refractivity contribution in [3.05, 3.63) is 36.0 Å². The highest BCUT2D eigenvalue weighted by Crippen LogP contribution is 2.38. The Balaban J connectivity index is 2.47. The third kappa shape index (κ3) is 6.55. The van der Waals surface area contributed by atoms with E-state index in [0.29, 0.717) is 12.8 Å². The summed E-state index contributed by atoms with van der Waals surface area (Å²) in [7, 11) is -2.17. The molecule has 0 radical (unpaired) electrons. The SMILES string of the molecule is CC(C)CC(=O)[C@H](Cc1cn(C(=O)OC(C)(C)C)c2ccccc12)O[Si](C)(C)C(C)(C)C. The van der Waals surface area contributed by atoms with E-state index < -0.39 is 26.1 Å². The van der Waals surface area contributed by atoms with Crippen LogP contribution in [-0.4, -0.2) is 36.5 Å². The van der Waals surface area contributed by atoms with Crippen LogP contribution in [0.3, 0.4) is 0 Å². The molecule has 0 saturated heterocycles. The minimum atomic E-state index is -2.17. The van der Waals surface area contributed by atoms with E-state index in [0.717, 1.165) is 16.5 Å². The molecule has 0 spiro atoms. The van der Waals surface area contributed by atoms with Gasteiger partial charge in [0.25, 0.3) is 0 Å². The lowest BCUT2D eigenvalue weighted by atomic mass is 9.98. The summed E-state index contributed by atoms with van der Waals surface area (Å²) in [6.45, 7) is 20.5. The van der Waals surface area contributed by atoms with Crippen LogP contribution in [0, 0.1) is 5.92 Å². The fourth-order valence-corrected chi connectivity index (χ4v) is 4.64. The van der Waals surface area contributed by atoms with Crippen molar-refractivity contribution in [2.45, 2.75) is 98.1 Å². The number of benzene rings is 1. The van der Waals surface area contributed by atoms with Crippen molar-refractivity contribution in [1.82, 2.24) is 4.57 Å². The average molecular weight is 460 g/mol. The van der Waals surface area contributed by atoms with Gasteiger partial charge in [0.05, 0.1) is 5.52 Å². The third-order valence-corrected chi connectivity index (χ3v) is 10.5. The van der Waals surface area contributed by atoms with Gasteiger partial charge < -0.3 is 9.16 Å². The second kappa shape index (κ2) is 9.52. The zero-order valence-electron chi connectivity index (χ0n) is 21.5. The summed E-state index contributed by atoms with van der Waals surface area (Å²) in [5.74, 6) is 0.384. The van der Waals surface area contributed by atoms with E-state index in [9.17, 15) is 9.59 Å². The molecule has 1 atom stereocenters. The number of Topliss-reactive ketones (excluding diaryl/α,β-unsaturated/α-hetero) is 1. The average Bonchev–Trinajstić information content (AvgIpc) is 2.97. The lowest BCUT2D eigenvalue weighted by Gasteiger charge is -2.39. The van der Waals surface area contributed by atoms with Crippen molar-refractivity contribution < 1.29 is 18.8 Å². The molecule has 6 heteroatoms. The molecule has 32 heavy (non-hydrogen) atoms. The molecular weight excluding hydrogens is 418 g/mol. The highest BCUT2D eigenvalue weighted by Gasteiger charge is 2.41. The number of aromatic nitrogens is 1. The van der Waals surface area contributed by atoms with Gasteiger partial charge in [0.15, 0.2) is 14.1 Å². The van der Waals surface area contributed by atoms with E-state index in [1.165, 1.54) is 0 Å². The van der Waals surface area contributed by atoms with Gasteiger partial charge in [-0.3, -0.25) is 9.36 Å². The molecule has 178 valence electrons. The van der Waals surface area contributed by atoms with Crippen LogP contribution in [0.15, 0.2) is 30.5 Å². The van der Waals surface area contributed by atoms with Crippen LogP contribution in [0.5, 0.6) is 0 Å². The van der Waals surface area contributed by atoms with Gasteiger partial charge in [-0.15, -0.1) is 0 Å². The number of nitrogens with zero attached hydrogens (tertiary/aromatic N) is 1. The standard InChI is InChI=1S/C26H41NO4Si/c1-18(2)15-22(28)23(31-32(9,10)26(6,7)8)16-19-17-27(24(29)30-25(3,4)5)21-14-12-11-13-20(19)21/h11-14,17-18,23H,15-16H2,1-10H3/t23-/m0/s1. The maximum absolute atomic E-state index is 13.2. The van der Waals surface area contributed by atoms with E-state index >= 15 is 0 Å². The number of ether oxygens (including phenoxy) is 1. The number of ketones is 1. The highest BCUT2D eigenvalue weighted by molar-refractivity contribution is 6.74. The molecule has 5 nitrogen and oxygen atoms in total. The summed E-state index contributed by atoms with van der Waals surface area (Å²) in [5.41, 5.74) is 1.11. The van der Waals surface area contributed by atoms with Gasteiger partial charge in [0, 0.05) is 24.4 Å². The van der Waals surface area contributed by atoms with Gasteiger partial charge in [0.1, 0.15) is 11.7 Å². The van der Waals surface area contributed by atoms with Crippen molar-refractivity contribution >= 4 is 31.1 Å². The van der Waals surface area contributed by atoms with Crippen LogP contribution in [0.1, 0.15) is 67.4 Å². The molecule has 0 aliphatic rings. The second-order valence-electron chi connectivity index (χ2n) is 11.7. The summed E-state index contributed by atoms with van der Waals surface area (Å²) >= 11 is 0. The first-order valence-electron chi connectivity index (χ1n) is 11.5. The van der Waals surface area contributed by atoms with E-state index in [2.05, 4.69) is 47.7 Å². The van der Waals surface area contributed by atoms with Gasteiger partial charge in [0.2, 0.25) is 0 Å². The van der Waals surface area contributed by atoms with Crippen LogP contribution in [0.25, 0.3) is 10.9 Å². The second-order valence-corrected chi connectivity index (χ2v) is 16.4. The number of rotatable bonds is 7. The van der Waals surface area contributed by atoms with Crippen molar-refractivity contribution in [1.29, 1.82) is 0 Å². The number of hydrogen-bond donors (Lipinski definition) is 0. The number of fused-ring (bicyclic) bond motifs is 1. The normalized spacial score (nSPS) is 14.1. The Kier molecular flexibility index (Phi) is 7.83. The number of carbonyl (C=O) groups excluding carboxylic acids is 2. The Morgan fingerprint density at radius 2 is 1.62 bits per heavy atom. The molecule has 0 unspecified atom stereocenters. The largest absolute Gasteiger partial charge is 0.443 e. The molecule has 0 aliphatic carbocycles. The van der Waals surface area contributed by atoms with Crippen molar-refractivity contribution in [3.8, 4) is 0 Å². The van der Waals surface area contributed by atoms with E-state index in [4.69, 9.17) is 9.16 Å². The van der Waals surface area contributed by atoms with Crippen LogP contribution < -0.4 is 0 Å². The molecule has 0 bridgehead atoms. The maximum atomic E-state index is 13.2.